The first-order valence-corrected chi connectivity index (χ1v) is 8.46. The van der Waals surface area contributed by atoms with Gasteiger partial charge in [-0.05, 0) is 36.1 Å². The number of aliphatic carboxylic acids is 1. The van der Waals surface area contributed by atoms with E-state index in [2.05, 4.69) is 5.32 Å². The summed E-state index contributed by atoms with van der Waals surface area (Å²) in [5.41, 5.74) is 0.831. The smallest absolute Gasteiger partial charge is 0.308 e. The standard InChI is InChI=1S/C20H21F2NO4/c1-27-17-8-3-2-5-14(17)11-15(20(25)26)12-23-18(24)10-9-13-6-4-7-16(21)19(13)22/h2-8,15H,9-12H2,1H3,(H,23,24)(H,25,26). The van der Waals surface area contributed by atoms with Gasteiger partial charge >= 0.3 is 5.97 Å². The van der Waals surface area contributed by atoms with E-state index >= 15 is 0 Å². The van der Waals surface area contributed by atoms with Crippen LogP contribution in [-0.4, -0.2) is 30.6 Å². The van der Waals surface area contributed by atoms with Crippen molar-refractivity contribution in [3.63, 3.8) is 0 Å². The molecule has 2 rings (SSSR count). The highest BCUT2D eigenvalue weighted by atomic mass is 19.2. The molecule has 2 aromatic carbocycles. The van der Waals surface area contributed by atoms with Gasteiger partial charge < -0.3 is 15.2 Å². The number of carboxylic acid groups (broad SMARTS) is 1. The van der Waals surface area contributed by atoms with Gasteiger partial charge in [-0.3, -0.25) is 9.59 Å². The van der Waals surface area contributed by atoms with Crippen LogP contribution in [0.5, 0.6) is 5.75 Å². The number of benzene rings is 2. The summed E-state index contributed by atoms with van der Waals surface area (Å²) in [4.78, 5) is 23.5. The van der Waals surface area contributed by atoms with Crippen LogP contribution in [0.2, 0.25) is 0 Å². The van der Waals surface area contributed by atoms with Gasteiger partial charge in [0.1, 0.15) is 5.75 Å². The number of hydrogen-bond acceptors (Lipinski definition) is 3. The number of carbonyl (C=O) groups is 2. The molecule has 0 aromatic heterocycles. The minimum Gasteiger partial charge on any atom is -0.496 e. The van der Waals surface area contributed by atoms with E-state index < -0.39 is 29.4 Å². The molecule has 7 heteroatoms. The number of hydrogen-bond donors (Lipinski definition) is 2. The molecule has 2 aromatic rings. The molecule has 0 aliphatic carbocycles. The molecule has 0 radical (unpaired) electrons. The molecular formula is C20H21F2NO4. The van der Waals surface area contributed by atoms with Crippen molar-refractivity contribution in [3.05, 3.63) is 65.2 Å². The summed E-state index contributed by atoms with van der Waals surface area (Å²) in [6, 6.07) is 10.9. The highest BCUT2D eigenvalue weighted by Crippen LogP contribution is 2.21. The highest BCUT2D eigenvalue weighted by molar-refractivity contribution is 5.77. The van der Waals surface area contributed by atoms with Gasteiger partial charge in [-0.2, -0.15) is 0 Å². The third-order valence-electron chi connectivity index (χ3n) is 4.21. The average molecular weight is 377 g/mol. The van der Waals surface area contributed by atoms with Crippen LogP contribution in [0.3, 0.4) is 0 Å². The number of ether oxygens (including phenoxy) is 1. The Morgan fingerprint density at radius 2 is 1.81 bits per heavy atom. The summed E-state index contributed by atoms with van der Waals surface area (Å²) >= 11 is 0. The van der Waals surface area contributed by atoms with E-state index in [9.17, 15) is 23.5 Å². The predicted octanol–water partition coefficient (Wildman–Crippen LogP) is 2.97. The van der Waals surface area contributed by atoms with Gasteiger partial charge in [-0.15, -0.1) is 0 Å². The summed E-state index contributed by atoms with van der Waals surface area (Å²) in [7, 11) is 1.50. The number of amides is 1. The Kier molecular flexibility index (Phi) is 7.28. The molecule has 1 atom stereocenters. The van der Waals surface area contributed by atoms with Crippen molar-refractivity contribution < 1.29 is 28.2 Å². The van der Waals surface area contributed by atoms with Crippen LogP contribution in [-0.2, 0) is 22.4 Å². The molecule has 144 valence electrons. The molecular weight excluding hydrogens is 356 g/mol. The van der Waals surface area contributed by atoms with Crippen LogP contribution in [0, 0.1) is 17.6 Å². The maximum absolute atomic E-state index is 13.6. The molecule has 0 saturated heterocycles. The van der Waals surface area contributed by atoms with Gasteiger partial charge in [-0.25, -0.2) is 8.78 Å². The Hall–Kier alpha value is -2.96. The average Bonchev–Trinajstić information content (AvgIpc) is 2.66. The SMILES string of the molecule is COc1ccccc1CC(CNC(=O)CCc1cccc(F)c1F)C(=O)O. The molecule has 0 spiro atoms. The van der Waals surface area contributed by atoms with Crippen molar-refractivity contribution >= 4 is 11.9 Å². The number of methoxy groups -OCH3 is 1. The van der Waals surface area contributed by atoms with Crippen LogP contribution in [0.1, 0.15) is 17.5 Å². The number of para-hydroxylation sites is 1. The zero-order chi connectivity index (χ0) is 19.8. The fraction of sp³-hybridized carbons (Fsp3) is 0.300. The third-order valence-corrected chi connectivity index (χ3v) is 4.21. The van der Waals surface area contributed by atoms with Crippen molar-refractivity contribution in [2.45, 2.75) is 19.3 Å². The Labute approximate surface area is 156 Å². The van der Waals surface area contributed by atoms with Gasteiger partial charge in [0.05, 0.1) is 13.0 Å². The molecule has 0 heterocycles. The first-order chi connectivity index (χ1) is 12.9. The van der Waals surface area contributed by atoms with Gasteiger partial charge in [-0.1, -0.05) is 30.3 Å². The molecule has 0 aliphatic heterocycles. The molecule has 27 heavy (non-hydrogen) atoms. The fourth-order valence-corrected chi connectivity index (χ4v) is 2.70. The van der Waals surface area contributed by atoms with Gasteiger partial charge in [0, 0.05) is 13.0 Å². The lowest BCUT2D eigenvalue weighted by molar-refractivity contribution is -0.141. The molecule has 2 N–H and O–H groups in total. The van der Waals surface area contributed by atoms with E-state index in [1.54, 1.807) is 24.3 Å². The van der Waals surface area contributed by atoms with E-state index in [4.69, 9.17) is 4.74 Å². The lowest BCUT2D eigenvalue weighted by atomic mass is 9.98. The second-order valence-electron chi connectivity index (χ2n) is 6.07. The molecule has 0 aliphatic rings. The van der Waals surface area contributed by atoms with E-state index in [1.165, 1.54) is 19.2 Å². The molecule has 0 bridgehead atoms. The maximum Gasteiger partial charge on any atom is 0.308 e. The van der Waals surface area contributed by atoms with Crippen molar-refractivity contribution in [1.29, 1.82) is 0 Å². The van der Waals surface area contributed by atoms with Gasteiger partial charge in [0.2, 0.25) is 5.91 Å². The normalized spacial score (nSPS) is 11.7. The Bertz CT molecular complexity index is 810. The van der Waals surface area contributed by atoms with Gasteiger partial charge in [0.25, 0.3) is 0 Å². The lowest BCUT2D eigenvalue weighted by Crippen LogP contribution is -2.34. The van der Waals surface area contributed by atoms with Crippen molar-refractivity contribution in [1.82, 2.24) is 5.32 Å². The molecule has 1 unspecified atom stereocenters. The summed E-state index contributed by atoms with van der Waals surface area (Å²) in [6.45, 7) is -0.0716. The number of halogens is 2. The second-order valence-corrected chi connectivity index (χ2v) is 6.07. The first-order valence-electron chi connectivity index (χ1n) is 8.46. The number of rotatable bonds is 9. The zero-order valence-corrected chi connectivity index (χ0v) is 14.9. The second kappa shape index (κ2) is 9.66. The lowest BCUT2D eigenvalue weighted by Gasteiger charge is -2.15. The molecule has 0 fully saturated rings. The first kappa shape index (κ1) is 20.4. The number of nitrogens with one attached hydrogen (secondary N) is 1. The summed E-state index contributed by atoms with van der Waals surface area (Å²) in [5.74, 6) is -3.66. The Morgan fingerprint density at radius 1 is 1.11 bits per heavy atom. The third kappa shape index (κ3) is 5.77. The summed E-state index contributed by atoms with van der Waals surface area (Å²) in [6.07, 6.45) is 0.152. The molecule has 0 saturated carbocycles. The van der Waals surface area contributed by atoms with E-state index in [0.717, 1.165) is 11.6 Å². The zero-order valence-electron chi connectivity index (χ0n) is 14.9. The predicted molar refractivity (Wildman–Crippen MR) is 95.5 cm³/mol. The van der Waals surface area contributed by atoms with Crippen molar-refractivity contribution in [3.8, 4) is 5.75 Å². The van der Waals surface area contributed by atoms with Crippen LogP contribution >= 0.6 is 0 Å². The van der Waals surface area contributed by atoms with Crippen LogP contribution < -0.4 is 10.1 Å². The number of carbonyl (C=O) groups excluding carboxylic acids is 1. The largest absolute Gasteiger partial charge is 0.496 e. The summed E-state index contributed by atoms with van der Waals surface area (Å²) < 4.78 is 32.0. The van der Waals surface area contributed by atoms with E-state index in [1.807, 2.05) is 0 Å². The van der Waals surface area contributed by atoms with E-state index in [-0.39, 0.29) is 31.4 Å². The number of aryl methyl sites for hydroxylation is 1. The van der Waals surface area contributed by atoms with Crippen LogP contribution in [0.4, 0.5) is 8.78 Å². The Morgan fingerprint density at radius 3 is 2.52 bits per heavy atom. The van der Waals surface area contributed by atoms with Crippen LogP contribution in [0.15, 0.2) is 42.5 Å². The minimum atomic E-state index is -1.04. The van der Waals surface area contributed by atoms with Crippen molar-refractivity contribution in [2.24, 2.45) is 5.92 Å². The number of carboxylic acids is 1. The van der Waals surface area contributed by atoms with Crippen LogP contribution in [0.25, 0.3) is 0 Å². The maximum atomic E-state index is 13.6. The monoisotopic (exact) mass is 377 g/mol. The Balaban J connectivity index is 1.90. The molecule has 1 amide bonds. The minimum absolute atomic E-state index is 0.0275. The summed E-state index contributed by atoms with van der Waals surface area (Å²) in [5, 5.41) is 12.0. The topological polar surface area (TPSA) is 75.6 Å². The quantitative estimate of drug-likeness (QED) is 0.705. The molecule has 5 nitrogen and oxygen atoms in total. The fourth-order valence-electron chi connectivity index (χ4n) is 2.70. The van der Waals surface area contributed by atoms with Gasteiger partial charge in [0.15, 0.2) is 11.6 Å². The highest BCUT2D eigenvalue weighted by Gasteiger charge is 2.21. The van der Waals surface area contributed by atoms with E-state index in [0.29, 0.717) is 5.75 Å². The van der Waals surface area contributed by atoms with Crippen molar-refractivity contribution in [2.75, 3.05) is 13.7 Å².